The fourth-order valence-electron chi connectivity index (χ4n) is 2.80. The van der Waals surface area contributed by atoms with E-state index in [9.17, 15) is 0 Å². The highest BCUT2D eigenvalue weighted by Gasteiger charge is 2.13. The lowest BCUT2D eigenvalue weighted by atomic mass is 10.2. The molecule has 1 aromatic carbocycles. The SMILES string of the molecule is CCOc1ccc(CN(CCCN2CCOCC2)C(=S)NC)cc1. The average molecular weight is 352 g/mol. The van der Waals surface area contributed by atoms with Gasteiger partial charge in [0.05, 0.1) is 19.8 Å². The monoisotopic (exact) mass is 351 g/mol. The molecule has 1 aliphatic heterocycles. The average Bonchev–Trinajstić information content (AvgIpc) is 2.63. The molecule has 0 amide bonds. The van der Waals surface area contributed by atoms with Crippen LogP contribution >= 0.6 is 12.2 Å². The molecule has 1 aromatic rings. The van der Waals surface area contributed by atoms with Gasteiger partial charge in [0, 0.05) is 39.8 Å². The lowest BCUT2D eigenvalue weighted by Crippen LogP contribution is -2.41. The van der Waals surface area contributed by atoms with Crippen LogP contribution in [0.2, 0.25) is 0 Å². The molecular formula is C18H29N3O2S. The van der Waals surface area contributed by atoms with Crippen LogP contribution in [0.4, 0.5) is 0 Å². The van der Waals surface area contributed by atoms with Crippen LogP contribution < -0.4 is 10.1 Å². The third kappa shape index (κ3) is 6.26. The zero-order valence-electron chi connectivity index (χ0n) is 14.8. The summed E-state index contributed by atoms with van der Waals surface area (Å²) >= 11 is 5.47. The van der Waals surface area contributed by atoms with Crippen molar-refractivity contribution in [2.45, 2.75) is 19.9 Å². The van der Waals surface area contributed by atoms with E-state index in [4.69, 9.17) is 21.7 Å². The summed E-state index contributed by atoms with van der Waals surface area (Å²) in [6.45, 7) is 9.32. The van der Waals surface area contributed by atoms with Crippen LogP contribution in [0.25, 0.3) is 0 Å². The molecule has 1 fully saturated rings. The largest absolute Gasteiger partial charge is 0.494 e. The van der Waals surface area contributed by atoms with Gasteiger partial charge in [0.25, 0.3) is 0 Å². The van der Waals surface area contributed by atoms with Gasteiger partial charge in [-0.25, -0.2) is 0 Å². The van der Waals surface area contributed by atoms with E-state index >= 15 is 0 Å². The Labute approximate surface area is 150 Å². The second kappa shape index (κ2) is 10.5. The number of hydrogen-bond donors (Lipinski definition) is 1. The van der Waals surface area contributed by atoms with Crippen LogP contribution in [-0.2, 0) is 11.3 Å². The van der Waals surface area contributed by atoms with Crippen molar-refractivity contribution in [1.82, 2.24) is 15.1 Å². The van der Waals surface area contributed by atoms with Gasteiger partial charge in [0.2, 0.25) is 0 Å². The van der Waals surface area contributed by atoms with Gasteiger partial charge in [0.1, 0.15) is 5.75 Å². The number of morpholine rings is 1. The summed E-state index contributed by atoms with van der Waals surface area (Å²) < 4.78 is 10.9. The van der Waals surface area contributed by atoms with Crippen LogP contribution in [0, 0.1) is 0 Å². The molecule has 134 valence electrons. The molecular weight excluding hydrogens is 322 g/mol. The molecule has 0 spiro atoms. The van der Waals surface area contributed by atoms with E-state index < -0.39 is 0 Å². The van der Waals surface area contributed by atoms with E-state index in [0.717, 1.165) is 63.2 Å². The number of benzene rings is 1. The van der Waals surface area contributed by atoms with Crippen LogP contribution in [0.1, 0.15) is 18.9 Å². The fraction of sp³-hybridized carbons (Fsp3) is 0.611. The Hall–Kier alpha value is -1.37. The smallest absolute Gasteiger partial charge is 0.168 e. The molecule has 1 aliphatic rings. The molecule has 0 radical (unpaired) electrons. The van der Waals surface area contributed by atoms with E-state index in [-0.39, 0.29) is 0 Å². The van der Waals surface area contributed by atoms with Crippen molar-refractivity contribution < 1.29 is 9.47 Å². The number of ether oxygens (including phenoxy) is 2. The second-order valence-electron chi connectivity index (χ2n) is 5.86. The Morgan fingerprint density at radius 2 is 2.00 bits per heavy atom. The van der Waals surface area contributed by atoms with Gasteiger partial charge in [-0.15, -0.1) is 0 Å². The predicted octanol–water partition coefficient (Wildman–Crippen LogP) is 2.11. The van der Waals surface area contributed by atoms with Crippen molar-refractivity contribution in [1.29, 1.82) is 0 Å². The Bertz CT molecular complexity index is 490. The number of rotatable bonds is 8. The highest BCUT2D eigenvalue weighted by molar-refractivity contribution is 7.80. The highest BCUT2D eigenvalue weighted by atomic mass is 32.1. The highest BCUT2D eigenvalue weighted by Crippen LogP contribution is 2.14. The Balaban J connectivity index is 1.84. The zero-order valence-corrected chi connectivity index (χ0v) is 15.6. The summed E-state index contributed by atoms with van der Waals surface area (Å²) in [6.07, 6.45) is 1.10. The fourth-order valence-corrected chi connectivity index (χ4v) is 2.95. The maximum absolute atomic E-state index is 5.50. The Morgan fingerprint density at radius 1 is 1.29 bits per heavy atom. The van der Waals surface area contributed by atoms with Gasteiger partial charge in [-0.3, -0.25) is 4.90 Å². The Kier molecular flexibility index (Phi) is 8.28. The van der Waals surface area contributed by atoms with Gasteiger partial charge in [0.15, 0.2) is 5.11 Å². The molecule has 1 saturated heterocycles. The molecule has 6 heteroatoms. The van der Waals surface area contributed by atoms with Crippen molar-refractivity contribution in [3.8, 4) is 5.75 Å². The van der Waals surface area contributed by atoms with Crippen molar-refractivity contribution >= 4 is 17.3 Å². The summed E-state index contributed by atoms with van der Waals surface area (Å²) in [6, 6.07) is 8.26. The van der Waals surface area contributed by atoms with Crippen LogP contribution in [0.5, 0.6) is 5.75 Å². The van der Waals surface area contributed by atoms with Gasteiger partial charge < -0.3 is 19.7 Å². The van der Waals surface area contributed by atoms with E-state index in [1.807, 2.05) is 26.1 Å². The van der Waals surface area contributed by atoms with Crippen molar-refractivity contribution in [3.05, 3.63) is 29.8 Å². The summed E-state index contributed by atoms with van der Waals surface area (Å²) in [5.41, 5.74) is 1.24. The molecule has 5 nitrogen and oxygen atoms in total. The third-order valence-corrected chi connectivity index (χ3v) is 4.58. The topological polar surface area (TPSA) is 37.0 Å². The van der Waals surface area contributed by atoms with Crippen molar-refractivity contribution in [2.24, 2.45) is 0 Å². The number of nitrogens with zero attached hydrogens (tertiary/aromatic N) is 2. The number of thiocarbonyl (C=S) groups is 1. The minimum absolute atomic E-state index is 0.691. The molecule has 0 bridgehead atoms. The molecule has 1 heterocycles. The van der Waals surface area contributed by atoms with Gasteiger partial charge in [-0.2, -0.15) is 0 Å². The molecule has 0 aromatic heterocycles. The number of nitrogens with one attached hydrogen (secondary N) is 1. The van der Waals surface area contributed by atoms with Crippen LogP contribution in [0.3, 0.4) is 0 Å². The quantitative estimate of drug-likeness (QED) is 0.723. The molecule has 0 unspecified atom stereocenters. The first-order chi connectivity index (χ1) is 11.7. The lowest BCUT2D eigenvalue weighted by molar-refractivity contribution is 0.0367. The summed E-state index contributed by atoms with van der Waals surface area (Å²) in [5, 5.41) is 3.90. The van der Waals surface area contributed by atoms with Gasteiger partial charge in [-0.05, 0) is 43.3 Å². The van der Waals surface area contributed by atoms with Gasteiger partial charge in [-0.1, -0.05) is 12.1 Å². The first kappa shape index (κ1) is 19.0. The molecule has 0 atom stereocenters. The number of hydrogen-bond acceptors (Lipinski definition) is 4. The Morgan fingerprint density at radius 3 is 2.62 bits per heavy atom. The standard InChI is InChI=1S/C18H29N3O2S/c1-3-23-17-7-5-16(6-8-17)15-21(18(24)19-2)10-4-9-20-11-13-22-14-12-20/h5-8H,3-4,9-15H2,1-2H3,(H,19,24). The minimum Gasteiger partial charge on any atom is -0.494 e. The predicted molar refractivity (Wildman–Crippen MR) is 102 cm³/mol. The maximum atomic E-state index is 5.50. The minimum atomic E-state index is 0.691. The van der Waals surface area contributed by atoms with E-state index in [1.54, 1.807) is 0 Å². The van der Waals surface area contributed by atoms with Crippen LogP contribution in [-0.4, -0.2) is 68.0 Å². The van der Waals surface area contributed by atoms with E-state index in [2.05, 4.69) is 27.2 Å². The van der Waals surface area contributed by atoms with E-state index in [0.29, 0.717) is 6.61 Å². The normalized spacial score (nSPS) is 15.1. The second-order valence-corrected chi connectivity index (χ2v) is 6.25. The van der Waals surface area contributed by atoms with Crippen molar-refractivity contribution in [3.63, 3.8) is 0 Å². The lowest BCUT2D eigenvalue weighted by Gasteiger charge is -2.29. The first-order valence-corrected chi connectivity index (χ1v) is 9.12. The zero-order chi connectivity index (χ0) is 17.2. The molecule has 1 N–H and O–H groups in total. The molecule has 2 rings (SSSR count). The third-order valence-electron chi connectivity index (χ3n) is 4.11. The molecule has 0 aliphatic carbocycles. The van der Waals surface area contributed by atoms with E-state index in [1.165, 1.54) is 5.56 Å². The summed E-state index contributed by atoms with van der Waals surface area (Å²) in [7, 11) is 1.88. The first-order valence-electron chi connectivity index (χ1n) is 8.71. The molecule has 0 saturated carbocycles. The molecule has 24 heavy (non-hydrogen) atoms. The summed E-state index contributed by atoms with van der Waals surface area (Å²) in [4.78, 5) is 4.69. The van der Waals surface area contributed by atoms with Crippen LogP contribution in [0.15, 0.2) is 24.3 Å². The maximum Gasteiger partial charge on any atom is 0.168 e. The summed E-state index contributed by atoms with van der Waals surface area (Å²) in [5.74, 6) is 0.913. The van der Waals surface area contributed by atoms with Crippen molar-refractivity contribution in [2.75, 3.05) is 53.0 Å². The van der Waals surface area contributed by atoms with Gasteiger partial charge >= 0.3 is 0 Å².